The van der Waals surface area contributed by atoms with E-state index in [1.165, 1.54) is 19.1 Å². The van der Waals surface area contributed by atoms with Crippen LogP contribution in [0, 0.1) is 0 Å². The van der Waals surface area contributed by atoms with Gasteiger partial charge in [0.15, 0.2) is 5.96 Å². The van der Waals surface area contributed by atoms with Crippen molar-refractivity contribution in [2.24, 2.45) is 33.7 Å². The maximum atomic E-state index is 14.5. The van der Waals surface area contributed by atoms with Crippen molar-refractivity contribution < 1.29 is 57.8 Å². The molecule has 0 radical (unpaired) electrons. The van der Waals surface area contributed by atoms with Gasteiger partial charge in [0.05, 0.1) is 12.6 Å². The number of hydrogen-bond donors (Lipinski definition) is 14. The molecule has 1 aliphatic rings. The number of phenolic OH excluding ortho intramolecular Hbond substituents is 1. The molecule has 1 saturated heterocycles. The fourth-order valence-corrected chi connectivity index (χ4v) is 8.73. The lowest BCUT2D eigenvalue weighted by Gasteiger charge is -2.31. The van der Waals surface area contributed by atoms with Crippen molar-refractivity contribution in [3.05, 3.63) is 102 Å². The fraction of sp³-hybridized carbons (Fsp3) is 0.444. The third-order valence-corrected chi connectivity index (χ3v) is 13.1. The van der Waals surface area contributed by atoms with E-state index in [4.69, 9.17) is 28.7 Å². The van der Waals surface area contributed by atoms with E-state index in [1.807, 2.05) is 0 Å². The lowest BCUT2D eigenvalue weighted by molar-refractivity contribution is -0.143. The third kappa shape index (κ3) is 22.3. The van der Waals surface area contributed by atoms with Gasteiger partial charge in [-0.25, -0.2) is 0 Å². The molecule has 0 unspecified atom stereocenters. The summed E-state index contributed by atoms with van der Waals surface area (Å²) in [4.78, 5) is 152. The largest absolute Gasteiger partial charge is 0.508 e. The number of hydrogen-bond acceptors (Lipinski definition) is 14. The Morgan fingerprint density at radius 1 is 0.580 bits per heavy atom. The number of benzene rings is 3. The zero-order chi connectivity index (χ0) is 59.6. The first-order valence-corrected chi connectivity index (χ1v) is 26.4. The van der Waals surface area contributed by atoms with Crippen LogP contribution in [-0.2, 0) is 72.0 Å². The first-order chi connectivity index (χ1) is 38.5. The Bertz CT molecular complexity index is 2690. The van der Waals surface area contributed by atoms with Crippen molar-refractivity contribution in [2.75, 3.05) is 26.7 Å². The summed E-state index contributed by atoms with van der Waals surface area (Å²) in [6.07, 6.45) is -0.892. The lowest BCUT2D eigenvalue weighted by atomic mass is 10.0. The van der Waals surface area contributed by atoms with Crippen molar-refractivity contribution in [1.82, 2.24) is 47.4 Å². The molecule has 0 aliphatic carbocycles. The van der Waals surface area contributed by atoms with Crippen LogP contribution < -0.4 is 71.2 Å². The Morgan fingerprint density at radius 2 is 1.07 bits per heavy atom. The summed E-state index contributed by atoms with van der Waals surface area (Å²) in [5.41, 5.74) is 29.6. The minimum atomic E-state index is -1.51. The Balaban J connectivity index is 1.49. The number of nitrogens with two attached hydrogens (primary N) is 5. The number of rotatable bonds is 33. The summed E-state index contributed by atoms with van der Waals surface area (Å²) < 4.78 is 0. The number of amides is 11. The molecule has 1 fully saturated rings. The number of phenols is 1. The fourth-order valence-electron chi connectivity index (χ4n) is 8.73. The smallest absolute Gasteiger partial charge is 0.245 e. The van der Waals surface area contributed by atoms with Crippen molar-refractivity contribution in [3.8, 4) is 5.75 Å². The molecule has 81 heavy (non-hydrogen) atoms. The van der Waals surface area contributed by atoms with Crippen LogP contribution in [0.3, 0.4) is 0 Å². The van der Waals surface area contributed by atoms with Gasteiger partial charge in [0, 0.05) is 38.8 Å². The molecule has 1 heterocycles. The molecule has 0 bridgehead atoms. The second-order valence-corrected chi connectivity index (χ2v) is 19.5. The molecule has 3 aromatic carbocycles. The van der Waals surface area contributed by atoms with Crippen molar-refractivity contribution in [1.29, 1.82) is 0 Å². The maximum absolute atomic E-state index is 14.5. The van der Waals surface area contributed by atoms with Crippen LogP contribution >= 0.6 is 0 Å². The lowest BCUT2D eigenvalue weighted by Crippen LogP contribution is -2.60. The molecule has 1 aliphatic heterocycles. The highest BCUT2D eigenvalue weighted by atomic mass is 16.3. The molecule has 0 aromatic heterocycles. The van der Waals surface area contributed by atoms with Crippen LogP contribution in [0.15, 0.2) is 89.9 Å². The van der Waals surface area contributed by atoms with Gasteiger partial charge < -0.3 is 81.2 Å². The van der Waals surface area contributed by atoms with Gasteiger partial charge >= 0.3 is 0 Å². The number of carbonyl (C=O) groups excluding carboxylic acids is 11. The van der Waals surface area contributed by atoms with E-state index in [2.05, 4.69) is 47.5 Å². The summed E-state index contributed by atoms with van der Waals surface area (Å²) in [5.74, 6) is -8.99. The average Bonchev–Trinajstić information content (AvgIpc) is 3.98. The van der Waals surface area contributed by atoms with Crippen molar-refractivity contribution in [2.45, 2.75) is 126 Å². The molecule has 8 atom stereocenters. The number of primary amides is 3. The molecule has 3 aromatic rings. The van der Waals surface area contributed by atoms with Gasteiger partial charge in [-0.05, 0) is 87.7 Å². The minimum absolute atomic E-state index is 0.0170. The van der Waals surface area contributed by atoms with Crippen molar-refractivity contribution >= 4 is 70.9 Å². The predicted molar refractivity (Wildman–Crippen MR) is 296 cm³/mol. The third-order valence-electron chi connectivity index (χ3n) is 13.1. The van der Waals surface area contributed by atoms with Crippen LogP contribution in [0.4, 0.5) is 0 Å². The highest BCUT2D eigenvalue weighted by molar-refractivity contribution is 5.98. The van der Waals surface area contributed by atoms with Crippen LogP contribution in [0.2, 0.25) is 0 Å². The Morgan fingerprint density at radius 3 is 1.63 bits per heavy atom. The number of nitrogens with one attached hydrogen (secondary N) is 8. The number of carbonyl (C=O) groups is 11. The molecule has 27 nitrogen and oxygen atoms in total. The second-order valence-electron chi connectivity index (χ2n) is 19.5. The van der Waals surface area contributed by atoms with Gasteiger partial charge in [0.1, 0.15) is 48.0 Å². The zero-order valence-corrected chi connectivity index (χ0v) is 45.3. The number of guanidine groups is 1. The normalized spacial score (nSPS) is 15.3. The van der Waals surface area contributed by atoms with Crippen molar-refractivity contribution in [3.63, 3.8) is 0 Å². The standard InChI is InChI=1S/C54H75N15O12/c1-31(63-50(78)40(60-2)28-34-17-19-35(70)20-18-34)47(75)62-30-45(73)64-41(29-33-13-7-4-8-14-33)51(79)67-38(22-24-44(56)72)53(81)69-26-10-16-42(69)52(80)66-37(21-23-43(55)71)49(77)65-36(15-9-25-61-54(58)59)48(76)68-39(46(57)74)27-32-11-5-3-6-12-32/h3-8,11-14,17-20,31,36-42,60,70H,9-10,15-16,21-30H2,1-2H3,(H2,55,71)(H2,56,72)(H2,57,74)(H,62,75)(H,63,78)(H,64,73)(H,65,77)(H,66,80)(H,67,79)(H,68,76)(H4,58,59,61)/t31-,36+,37+,38+,39+,40+,41+,42+/m1/s1. The summed E-state index contributed by atoms with van der Waals surface area (Å²) in [6, 6.07) is 13.4. The second kappa shape index (κ2) is 32.7. The molecule has 27 heteroatoms. The Labute approximate surface area is 468 Å². The van der Waals surface area contributed by atoms with Gasteiger partial charge in [-0.3, -0.25) is 57.7 Å². The Hall–Kier alpha value is -9.14. The van der Waals surface area contributed by atoms with Gasteiger partial charge in [-0.15, -0.1) is 0 Å². The maximum Gasteiger partial charge on any atom is 0.245 e. The van der Waals surface area contributed by atoms with Crippen LogP contribution in [0.1, 0.15) is 75.0 Å². The predicted octanol–water partition coefficient (Wildman–Crippen LogP) is -3.89. The van der Waals surface area contributed by atoms with Gasteiger partial charge in [-0.2, -0.15) is 0 Å². The summed E-state index contributed by atoms with van der Waals surface area (Å²) in [5, 5.41) is 30.5. The summed E-state index contributed by atoms with van der Waals surface area (Å²) in [7, 11) is 1.57. The molecule has 438 valence electrons. The topological polar surface area (TPSA) is 450 Å². The molecule has 11 amide bonds. The van der Waals surface area contributed by atoms with Gasteiger partial charge in [0.2, 0.25) is 65.0 Å². The molecule has 0 saturated carbocycles. The van der Waals surface area contributed by atoms with E-state index in [-0.39, 0.29) is 82.6 Å². The summed E-state index contributed by atoms with van der Waals surface area (Å²) in [6.45, 7) is 0.815. The zero-order valence-electron chi connectivity index (χ0n) is 45.3. The van der Waals surface area contributed by atoms with Crippen LogP contribution in [-0.4, -0.2) is 156 Å². The van der Waals surface area contributed by atoms with Crippen LogP contribution in [0.5, 0.6) is 5.75 Å². The average molecular weight is 1130 g/mol. The van der Waals surface area contributed by atoms with E-state index in [0.29, 0.717) is 11.1 Å². The molecular formula is C54H75N15O12. The molecule has 0 spiro atoms. The highest BCUT2D eigenvalue weighted by Crippen LogP contribution is 2.21. The molecular weight excluding hydrogens is 1050 g/mol. The number of likely N-dealkylation sites (tertiary alicyclic amines) is 1. The SMILES string of the molecule is CN[C@@H](Cc1ccc(O)cc1)C(=O)N[C@H](C)C(=O)NCC(=O)N[C@@H](Cc1ccccc1)C(=O)N[C@@H](CCC(N)=O)C(=O)N1CCC[C@H]1C(=O)N[C@@H](CCC(N)=O)C(=O)N[C@@H](CCCN=C(N)N)C(=O)N[C@@H](Cc1ccccc1)C(N)=O. The number of nitrogens with zero attached hydrogens (tertiary/aromatic N) is 2. The molecule has 19 N–H and O–H groups in total. The number of aliphatic imine (C=N–C) groups is 1. The van der Waals surface area contributed by atoms with Crippen LogP contribution in [0.25, 0.3) is 0 Å². The van der Waals surface area contributed by atoms with E-state index in [0.717, 1.165) is 10.5 Å². The first-order valence-electron chi connectivity index (χ1n) is 26.4. The van der Waals surface area contributed by atoms with E-state index >= 15 is 0 Å². The van der Waals surface area contributed by atoms with Gasteiger partial charge in [-0.1, -0.05) is 72.8 Å². The molecule has 4 rings (SSSR count). The van der Waals surface area contributed by atoms with E-state index < -0.39 is 133 Å². The quantitative estimate of drug-likeness (QED) is 0.0158. The highest BCUT2D eigenvalue weighted by Gasteiger charge is 2.40. The number of aromatic hydroxyl groups is 1. The van der Waals surface area contributed by atoms with E-state index in [9.17, 15) is 57.8 Å². The minimum Gasteiger partial charge on any atom is -0.508 e. The Kier molecular flexibility index (Phi) is 26.0. The monoisotopic (exact) mass is 1130 g/mol. The van der Waals surface area contributed by atoms with E-state index in [1.54, 1.807) is 79.8 Å². The van der Waals surface area contributed by atoms with Gasteiger partial charge in [0.25, 0.3) is 0 Å². The first kappa shape index (κ1) is 64.4. The summed E-state index contributed by atoms with van der Waals surface area (Å²) >= 11 is 0. The number of likely N-dealkylation sites (N-methyl/N-ethyl adjacent to an activating group) is 1.